The van der Waals surface area contributed by atoms with E-state index in [1.165, 1.54) is 11.8 Å². The van der Waals surface area contributed by atoms with Gasteiger partial charge in [0.25, 0.3) is 0 Å². The van der Waals surface area contributed by atoms with E-state index in [9.17, 15) is 4.79 Å². The molecule has 0 bridgehead atoms. The predicted octanol–water partition coefficient (Wildman–Crippen LogP) is 3.28. The van der Waals surface area contributed by atoms with E-state index in [2.05, 4.69) is 15.9 Å². The molecule has 2 aromatic rings. The van der Waals surface area contributed by atoms with Gasteiger partial charge in [-0.05, 0) is 42.5 Å². The van der Waals surface area contributed by atoms with Crippen molar-refractivity contribution in [1.82, 2.24) is 0 Å². The van der Waals surface area contributed by atoms with Crippen molar-refractivity contribution < 1.29 is 4.79 Å². The summed E-state index contributed by atoms with van der Waals surface area (Å²) in [5, 5.41) is 0. The standard InChI is InChI=1S/C13H11BrN2OS/c14-8-1-4-10(5-2-8)18-12-6-3-9(15)7-11(12)13(16)17/h1-7H,15H2,(H2,16,17). The lowest BCUT2D eigenvalue weighted by Crippen LogP contribution is -2.12. The zero-order chi connectivity index (χ0) is 13.1. The Bertz CT molecular complexity index is 584. The average Bonchev–Trinajstić information content (AvgIpc) is 2.34. The Morgan fingerprint density at radius 2 is 1.78 bits per heavy atom. The maximum absolute atomic E-state index is 11.4. The summed E-state index contributed by atoms with van der Waals surface area (Å²) in [4.78, 5) is 13.2. The van der Waals surface area contributed by atoms with E-state index in [0.717, 1.165) is 14.3 Å². The number of nitrogen functional groups attached to an aromatic ring is 1. The second kappa shape index (κ2) is 5.46. The number of halogens is 1. The Kier molecular flexibility index (Phi) is 3.93. The molecular formula is C13H11BrN2OS. The molecule has 2 aromatic carbocycles. The Hall–Kier alpha value is -1.46. The highest BCUT2D eigenvalue weighted by Gasteiger charge is 2.09. The van der Waals surface area contributed by atoms with Crippen molar-refractivity contribution in [2.45, 2.75) is 9.79 Å². The Morgan fingerprint density at radius 3 is 2.39 bits per heavy atom. The van der Waals surface area contributed by atoms with Gasteiger partial charge in [-0.3, -0.25) is 4.79 Å². The first-order valence-corrected chi connectivity index (χ1v) is 6.80. The fourth-order valence-corrected chi connectivity index (χ4v) is 2.65. The van der Waals surface area contributed by atoms with E-state index in [1.54, 1.807) is 12.1 Å². The van der Waals surface area contributed by atoms with Crippen LogP contribution in [0.3, 0.4) is 0 Å². The smallest absolute Gasteiger partial charge is 0.249 e. The minimum Gasteiger partial charge on any atom is -0.399 e. The molecule has 0 radical (unpaired) electrons. The van der Waals surface area contributed by atoms with E-state index in [4.69, 9.17) is 11.5 Å². The van der Waals surface area contributed by atoms with Crippen LogP contribution in [0.2, 0.25) is 0 Å². The fourth-order valence-electron chi connectivity index (χ4n) is 1.46. The Morgan fingerprint density at radius 1 is 1.11 bits per heavy atom. The second-order valence-corrected chi connectivity index (χ2v) is 5.71. The first-order chi connectivity index (χ1) is 8.56. The summed E-state index contributed by atoms with van der Waals surface area (Å²) >= 11 is 4.86. The zero-order valence-electron chi connectivity index (χ0n) is 9.39. The Balaban J connectivity index is 2.34. The minimum absolute atomic E-state index is 0.447. The van der Waals surface area contributed by atoms with Gasteiger partial charge in [-0.25, -0.2) is 0 Å². The number of hydrogen-bond donors (Lipinski definition) is 2. The number of carbonyl (C=O) groups is 1. The molecule has 0 atom stereocenters. The van der Waals surface area contributed by atoms with E-state index >= 15 is 0 Å². The van der Waals surface area contributed by atoms with Crippen molar-refractivity contribution in [3.63, 3.8) is 0 Å². The molecule has 0 fully saturated rings. The highest BCUT2D eigenvalue weighted by atomic mass is 79.9. The van der Waals surface area contributed by atoms with Crippen molar-refractivity contribution in [2.24, 2.45) is 5.73 Å². The lowest BCUT2D eigenvalue weighted by molar-refractivity contribution is 0.0997. The summed E-state index contributed by atoms with van der Waals surface area (Å²) in [6, 6.07) is 13.0. The van der Waals surface area contributed by atoms with Crippen LogP contribution in [0.5, 0.6) is 0 Å². The second-order valence-electron chi connectivity index (χ2n) is 3.68. The third-order valence-electron chi connectivity index (χ3n) is 2.31. The lowest BCUT2D eigenvalue weighted by Gasteiger charge is -2.07. The first kappa shape index (κ1) is 13.0. The number of benzene rings is 2. The molecule has 0 aliphatic heterocycles. The molecule has 0 spiro atoms. The largest absolute Gasteiger partial charge is 0.399 e. The van der Waals surface area contributed by atoms with Crippen LogP contribution in [0.4, 0.5) is 5.69 Å². The van der Waals surface area contributed by atoms with Crippen LogP contribution < -0.4 is 11.5 Å². The molecule has 0 saturated carbocycles. The molecule has 0 aliphatic rings. The number of carbonyl (C=O) groups excluding carboxylic acids is 1. The highest BCUT2D eigenvalue weighted by Crippen LogP contribution is 2.32. The molecule has 18 heavy (non-hydrogen) atoms. The SMILES string of the molecule is NC(=O)c1cc(N)ccc1Sc1ccc(Br)cc1. The maximum Gasteiger partial charge on any atom is 0.249 e. The van der Waals surface area contributed by atoms with Crippen LogP contribution in [-0.4, -0.2) is 5.91 Å². The molecule has 1 amide bonds. The van der Waals surface area contributed by atoms with Gasteiger partial charge < -0.3 is 11.5 Å². The van der Waals surface area contributed by atoms with E-state index < -0.39 is 5.91 Å². The van der Waals surface area contributed by atoms with Crippen LogP contribution in [-0.2, 0) is 0 Å². The molecule has 2 rings (SSSR count). The molecule has 4 N–H and O–H groups in total. The van der Waals surface area contributed by atoms with Crippen molar-refractivity contribution in [2.75, 3.05) is 5.73 Å². The van der Waals surface area contributed by atoms with Crippen molar-refractivity contribution in [1.29, 1.82) is 0 Å². The van der Waals surface area contributed by atoms with Crippen LogP contribution in [0.1, 0.15) is 10.4 Å². The third kappa shape index (κ3) is 3.05. The van der Waals surface area contributed by atoms with Crippen LogP contribution in [0.25, 0.3) is 0 Å². The van der Waals surface area contributed by atoms with Crippen LogP contribution >= 0.6 is 27.7 Å². The molecule has 0 unspecified atom stereocenters. The number of primary amides is 1. The Labute approximate surface area is 118 Å². The molecule has 5 heteroatoms. The van der Waals surface area contributed by atoms with Gasteiger partial charge in [-0.15, -0.1) is 0 Å². The van der Waals surface area contributed by atoms with Gasteiger partial charge in [-0.2, -0.15) is 0 Å². The number of hydrogen-bond acceptors (Lipinski definition) is 3. The van der Waals surface area contributed by atoms with Crippen molar-refractivity contribution >= 4 is 39.3 Å². The number of nitrogens with two attached hydrogens (primary N) is 2. The molecule has 3 nitrogen and oxygen atoms in total. The fraction of sp³-hybridized carbons (Fsp3) is 0. The normalized spacial score (nSPS) is 10.3. The van der Waals surface area contributed by atoms with Gasteiger partial charge in [0.1, 0.15) is 0 Å². The van der Waals surface area contributed by atoms with Gasteiger partial charge in [0.05, 0.1) is 5.56 Å². The van der Waals surface area contributed by atoms with Gasteiger partial charge in [-0.1, -0.05) is 27.7 Å². The highest BCUT2D eigenvalue weighted by molar-refractivity contribution is 9.10. The van der Waals surface area contributed by atoms with Crippen LogP contribution in [0.15, 0.2) is 56.7 Å². The molecular weight excluding hydrogens is 312 g/mol. The van der Waals surface area contributed by atoms with E-state index in [1.807, 2.05) is 30.3 Å². The van der Waals surface area contributed by atoms with E-state index in [0.29, 0.717) is 11.3 Å². The average molecular weight is 323 g/mol. The maximum atomic E-state index is 11.4. The number of amides is 1. The van der Waals surface area contributed by atoms with Gasteiger partial charge in [0, 0.05) is 20.0 Å². The monoisotopic (exact) mass is 322 g/mol. The molecule has 0 aromatic heterocycles. The molecule has 0 saturated heterocycles. The summed E-state index contributed by atoms with van der Waals surface area (Å²) in [7, 11) is 0. The third-order valence-corrected chi connectivity index (χ3v) is 3.92. The summed E-state index contributed by atoms with van der Waals surface area (Å²) in [5.41, 5.74) is 12.0. The number of anilines is 1. The zero-order valence-corrected chi connectivity index (χ0v) is 11.8. The van der Waals surface area contributed by atoms with Crippen molar-refractivity contribution in [3.8, 4) is 0 Å². The van der Waals surface area contributed by atoms with Crippen LogP contribution in [0, 0.1) is 0 Å². The minimum atomic E-state index is -0.470. The summed E-state index contributed by atoms with van der Waals surface area (Å²) in [6.45, 7) is 0. The summed E-state index contributed by atoms with van der Waals surface area (Å²) in [5.74, 6) is -0.470. The first-order valence-electron chi connectivity index (χ1n) is 5.19. The quantitative estimate of drug-likeness (QED) is 0.852. The molecule has 92 valence electrons. The lowest BCUT2D eigenvalue weighted by atomic mass is 10.2. The summed E-state index contributed by atoms with van der Waals surface area (Å²) in [6.07, 6.45) is 0. The van der Waals surface area contributed by atoms with Gasteiger partial charge >= 0.3 is 0 Å². The topological polar surface area (TPSA) is 69.1 Å². The molecule has 0 aliphatic carbocycles. The predicted molar refractivity (Wildman–Crippen MR) is 77.6 cm³/mol. The van der Waals surface area contributed by atoms with Crippen molar-refractivity contribution in [3.05, 3.63) is 52.5 Å². The van der Waals surface area contributed by atoms with Gasteiger partial charge in [0.2, 0.25) is 5.91 Å². The summed E-state index contributed by atoms with van der Waals surface area (Å²) < 4.78 is 1.01. The van der Waals surface area contributed by atoms with E-state index in [-0.39, 0.29) is 0 Å². The molecule has 0 heterocycles. The number of rotatable bonds is 3. The van der Waals surface area contributed by atoms with Gasteiger partial charge in [0.15, 0.2) is 0 Å².